The third kappa shape index (κ3) is 3.54. The van der Waals surface area contributed by atoms with E-state index in [1.807, 2.05) is 35.9 Å². The van der Waals surface area contributed by atoms with Crippen LogP contribution in [0.4, 0.5) is 18.9 Å². The Morgan fingerprint density at radius 2 is 1.93 bits per heavy atom. The molecule has 1 aromatic heterocycles. The van der Waals surface area contributed by atoms with Crippen LogP contribution in [0.2, 0.25) is 5.02 Å². The third-order valence-corrected chi connectivity index (χ3v) is 6.02. The molecule has 0 saturated carbocycles. The fourth-order valence-corrected chi connectivity index (χ4v) is 4.46. The van der Waals surface area contributed by atoms with Gasteiger partial charge in [-0.05, 0) is 30.3 Å². The number of thiocarbonyl (C=S) groups is 1. The van der Waals surface area contributed by atoms with Gasteiger partial charge in [0.15, 0.2) is 4.32 Å². The molecule has 10 heteroatoms. The number of carbonyl (C=O) groups is 1. The first kappa shape index (κ1) is 19.9. The zero-order valence-corrected chi connectivity index (χ0v) is 17.1. The number of nitrogens with zero attached hydrogens (tertiary/aromatic N) is 3. The van der Waals surface area contributed by atoms with E-state index in [-0.39, 0.29) is 14.9 Å². The second-order valence-corrected chi connectivity index (χ2v) is 8.28. The lowest BCUT2D eigenvalue weighted by Gasteiger charge is -2.17. The fourth-order valence-electron chi connectivity index (χ4n) is 2.97. The Morgan fingerprint density at radius 3 is 2.62 bits per heavy atom. The van der Waals surface area contributed by atoms with E-state index < -0.39 is 22.7 Å². The molecule has 4 rings (SSSR count). The zero-order chi connectivity index (χ0) is 20.9. The van der Waals surface area contributed by atoms with Gasteiger partial charge in [-0.2, -0.15) is 13.2 Å². The van der Waals surface area contributed by atoms with Gasteiger partial charge in [-0.25, -0.2) is 4.98 Å². The number of amides is 1. The van der Waals surface area contributed by atoms with Crippen LogP contribution in [0.5, 0.6) is 0 Å². The molecular formula is C19H11ClF3N3OS2. The summed E-state index contributed by atoms with van der Waals surface area (Å²) in [6.45, 7) is 0. The number of imidazole rings is 1. The van der Waals surface area contributed by atoms with Crippen LogP contribution in [-0.4, -0.2) is 19.8 Å². The molecular weight excluding hydrogens is 443 g/mol. The number of thioether (sulfide) groups is 1. The number of hydrogen-bond donors (Lipinski definition) is 0. The van der Waals surface area contributed by atoms with Crippen molar-refractivity contribution in [3.05, 3.63) is 63.8 Å². The standard InChI is InChI=1S/C19H11ClF3N3OS2/c1-25-14-5-3-2-4-13(14)24-16(25)9-15-17(27)26(18(28)29-15)10-6-7-12(20)11(8-10)19(21,22)23/h2-9H,1H3/b15-9+. The van der Waals surface area contributed by atoms with Crippen LogP contribution in [-0.2, 0) is 18.0 Å². The van der Waals surface area contributed by atoms with Crippen LogP contribution in [0.15, 0.2) is 47.4 Å². The van der Waals surface area contributed by atoms with Gasteiger partial charge in [-0.1, -0.05) is 47.7 Å². The molecule has 4 nitrogen and oxygen atoms in total. The van der Waals surface area contributed by atoms with Crippen molar-refractivity contribution in [1.29, 1.82) is 0 Å². The van der Waals surface area contributed by atoms with Crippen molar-refractivity contribution >= 4 is 68.6 Å². The molecule has 148 valence electrons. The molecule has 0 radical (unpaired) electrons. The van der Waals surface area contributed by atoms with Crippen LogP contribution in [0, 0.1) is 0 Å². The highest BCUT2D eigenvalue weighted by atomic mass is 35.5. The molecule has 2 heterocycles. The molecule has 0 aliphatic carbocycles. The van der Waals surface area contributed by atoms with Crippen LogP contribution >= 0.6 is 35.6 Å². The second-order valence-electron chi connectivity index (χ2n) is 6.20. The number of aryl methyl sites for hydroxylation is 1. The summed E-state index contributed by atoms with van der Waals surface area (Å²) in [5, 5.41) is -0.443. The highest BCUT2D eigenvalue weighted by Gasteiger charge is 2.37. The van der Waals surface area contributed by atoms with Crippen molar-refractivity contribution in [2.24, 2.45) is 7.05 Å². The molecule has 1 fully saturated rings. The van der Waals surface area contributed by atoms with E-state index in [2.05, 4.69) is 4.98 Å². The van der Waals surface area contributed by atoms with Gasteiger partial charge < -0.3 is 4.57 Å². The highest BCUT2D eigenvalue weighted by Crippen LogP contribution is 2.41. The van der Waals surface area contributed by atoms with E-state index in [1.54, 1.807) is 6.08 Å². The summed E-state index contributed by atoms with van der Waals surface area (Å²) in [4.78, 5) is 18.7. The Hall–Kier alpha value is -2.36. The third-order valence-electron chi connectivity index (χ3n) is 4.39. The average Bonchev–Trinajstić information content (AvgIpc) is 3.12. The van der Waals surface area contributed by atoms with Crippen molar-refractivity contribution in [3.63, 3.8) is 0 Å². The second kappa shape index (κ2) is 7.16. The van der Waals surface area contributed by atoms with Crippen LogP contribution in [0.1, 0.15) is 11.4 Å². The number of fused-ring (bicyclic) bond motifs is 1. The molecule has 0 atom stereocenters. The summed E-state index contributed by atoms with van der Waals surface area (Å²) in [5.74, 6) is 0.0290. The number of hydrogen-bond acceptors (Lipinski definition) is 4. The molecule has 0 spiro atoms. The summed E-state index contributed by atoms with van der Waals surface area (Å²) in [6, 6.07) is 10.8. The highest BCUT2D eigenvalue weighted by molar-refractivity contribution is 8.27. The minimum absolute atomic E-state index is 0.0117. The monoisotopic (exact) mass is 453 g/mol. The van der Waals surface area contributed by atoms with Crippen LogP contribution < -0.4 is 4.90 Å². The van der Waals surface area contributed by atoms with Crippen LogP contribution in [0.25, 0.3) is 17.1 Å². The van der Waals surface area contributed by atoms with Crippen molar-refractivity contribution in [1.82, 2.24) is 9.55 Å². The molecule has 1 amide bonds. The first-order chi connectivity index (χ1) is 13.7. The Balaban J connectivity index is 1.73. The number of halogens is 4. The Morgan fingerprint density at radius 1 is 1.21 bits per heavy atom. The maximum Gasteiger partial charge on any atom is 0.417 e. The molecule has 2 aromatic carbocycles. The molecule has 1 aliphatic heterocycles. The Labute approximate surface area is 178 Å². The largest absolute Gasteiger partial charge is 0.417 e. The summed E-state index contributed by atoms with van der Waals surface area (Å²) < 4.78 is 41.5. The van der Waals surface area contributed by atoms with Gasteiger partial charge in [-0.3, -0.25) is 9.69 Å². The molecule has 1 aliphatic rings. The van der Waals surface area contributed by atoms with E-state index in [1.165, 1.54) is 6.07 Å². The lowest BCUT2D eigenvalue weighted by molar-refractivity contribution is -0.137. The van der Waals surface area contributed by atoms with E-state index in [0.29, 0.717) is 5.82 Å². The SMILES string of the molecule is Cn1c(/C=C2/SC(=S)N(c3ccc(Cl)c(C(F)(F)F)c3)C2=O)nc2ccccc21. The van der Waals surface area contributed by atoms with Crippen molar-refractivity contribution in [2.75, 3.05) is 4.90 Å². The summed E-state index contributed by atoms with van der Waals surface area (Å²) in [6.07, 6.45) is -3.06. The Bertz CT molecular complexity index is 1200. The predicted octanol–water partition coefficient (Wildman–Crippen LogP) is 5.65. The van der Waals surface area contributed by atoms with Gasteiger partial charge >= 0.3 is 6.18 Å². The van der Waals surface area contributed by atoms with E-state index in [4.69, 9.17) is 23.8 Å². The quantitative estimate of drug-likeness (QED) is 0.371. The van der Waals surface area contributed by atoms with Gasteiger partial charge in [-0.15, -0.1) is 0 Å². The van der Waals surface area contributed by atoms with Gasteiger partial charge in [0.05, 0.1) is 32.2 Å². The number of benzene rings is 2. The summed E-state index contributed by atoms with van der Waals surface area (Å²) >= 11 is 11.9. The minimum atomic E-state index is -4.64. The van der Waals surface area contributed by atoms with E-state index >= 15 is 0 Å². The number of rotatable bonds is 2. The average molecular weight is 454 g/mol. The van der Waals surface area contributed by atoms with E-state index in [9.17, 15) is 18.0 Å². The molecule has 1 saturated heterocycles. The molecule has 29 heavy (non-hydrogen) atoms. The maximum absolute atomic E-state index is 13.2. The lowest BCUT2D eigenvalue weighted by Crippen LogP contribution is -2.27. The topological polar surface area (TPSA) is 38.1 Å². The number of anilines is 1. The number of para-hydroxylation sites is 2. The smallest absolute Gasteiger partial charge is 0.328 e. The normalized spacial score (nSPS) is 16.4. The van der Waals surface area contributed by atoms with E-state index in [0.717, 1.165) is 39.8 Å². The lowest BCUT2D eigenvalue weighted by atomic mass is 10.2. The van der Waals surface area contributed by atoms with Gasteiger partial charge in [0.2, 0.25) is 0 Å². The first-order valence-corrected chi connectivity index (χ1v) is 9.83. The number of alkyl halides is 3. The summed E-state index contributed by atoms with van der Waals surface area (Å²) in [7, 11) is 1.82. The Kier molecular flexibility index (Phi) is 4.92. The van der Waals surface area contributed by atoms with Gasteiger partial charge in [0.25, 0.3) is 5.91 Å². The van der Waals surface area contributed by atoms with Crippen LogP contribution in [0.3, 0.4) is 0 Å². The molecule has 0 unspecified atom stereocenters. The molecule has 0 N–H and O–H groups in total. The van der Waals surface area contributed by atoms with Crippen molar-refractivity contribution in [3.8, 4) is 0 Å². The number of aromatic nitrogens is 2. The summed E-state index contributed by atoms with van der Waals surface area (Å²) in [5.41, 5.74) is 0.647. The molecule has 3 aromatic rings. The first-order valence-electron chi connectivity index (χ1n) is 8.23. The van der Waals surface area contributed by atoms with Crippen molar-refractivity contribution in [2.45, 2.75) is 6.18 Å². The van der Waals surface area contributed by atoms with Gasteiger partial charge in [0.1, 0.15) is 5.82 Å². The minimum Gasteiger partial charge on any atom is -0.328 e. The van der Waals surface area contributed by atoms with Crippen molar-refractivity contribution < 1.29 is 18.0 Å². The maximum atomic E-state index is 13.2. The van der Waals surface area contributed by atoms with Gasteiger partial charge in [0, 0.05) is 13.1 Å². The molecule has 0 bridgehead atoms. The predicted molar refractivity (Wildman–Crippen MR) is 113 cm³/mol. The fraction of sp³-hybridized carbons (Fsp3) is 0.105. The number of carbonyl (C=O) groups excluding carboxylic acids is 1. The zero-order valence-electron chi connectivity index (χ0n) is 14.7.